The summed E-state index contributed by atoms with van der Waals surface area (Å²) in [5.74, 6) is 0. The molecule has 21 heavy (non-hydrogen) atoms. The zero-order valence-electron chi connectivity index (χ0n) is 12.9. The number of amides is 2. The zero-order chi connectivity index (χ0) is 16.0. The molecule has 0 radical (unpaired) electrons. The highest BCUT2D eigenvalue weighted by Gasteiger charge is 2.16. The third kappa shape index (κ3) is 4.44. The molecule has 0 aliphatic rings. The van der Waals surface area contributed by atoms with Crippen molar-refractivity contribution in [3.05, 3.63) is 29.8 Å². The minimum atomic E-state index is -3.48. The van der Waals surface area contributed by atoms with E-state index in [1.54, 1.807) is 23.1 Å². The Morgan fingerprint density at radius 2 is 1.90 bits per heavy atom. The van der Waals surface area contributed by atoms with Crippen molar-refractivity contribution >= 4 is 16.1 Å². The third-order valence-electron chi connectivity index (χ3n) is 3.33. The van der Waals surface area contributed by atoms with E-state index in [0.717, 1.165) is 5.56 Å². The fraction of sp³-hybridized carbons (Fsp3) is 0.500. The lowest BCUT2D eigenvalue weighted by molar-refractivity contribution is 0.200. The van der Waals surface area contributed by atoms with E-state index >= 15 is 0 Å². The van der Waals surface area contributed by atoms with Crippen LogP contribution in [0.15, 0.2) is 29.2 Å². The topological polar surface area (TPSA) is 78.5 Å². The molecule has 1 atom stereocenters. The van der Waals surface area contributed by atoms with Gasteiger partial charge in [0.25, 0.3) is 0 Å². The summed E-state index contributed by atoms with van der Waals surface area (Å²) in [6, 6.07) is 6.12. The average molecular weight is 313 g/mol. The predicted molar refractivity (Wildman–Crippen MR) is 82.6 cm³/mol. The minimum absolute atomic E-state index is 0.158. The summed E-state index contributed by atoms with van der Waals surface area (Å²) in [6.07, 6.45) is 0. The molecular formula is C14H23N3O3S. The number of hydrogen-bond donors (Lipinski definition) is 2. The van der Waals surface area contributed by atoms with Gasteiger partial charge in [-0.05, 0) is 45.5 Å². The molecule has 0 fully saturated rings. The molecule has 0 aliphatic carbocycles. The Bertz CT molecular complexity index is 583. The number of benzene rings is 1. The summed E-state index contributed by atoms with van der Waals surface area (Å²) < 4.78 is 25.9. The molecule has 0 unspecified atom stereocenters. The van der Waals surface area contributed by atoms with Gasteiger partial charge in [0.05, 0.1) is 10.9 Å². The van der Waals surface area contributed by atoms with Crippen molar-refractivity contribution in [2.75, 3.05) is 20.1 Å². The van der Waals surface area contributed by atoms with Crippen LogP contribution in [0, 0.1) is 0 Å². The average Bonchev–Trinajstić information content (AvgIpc) is 2.48. The van der Waals surface area contributed by atoms with Crippen molar-refractivity contribution in [3.63, 3.8) is 0 Å². The van der Waals surface area contributed by atoms with E-state index in [-0.39, 0.29) is 17.0 Å². The van der Waals surface area contributed by atoms with Gasteiger partial charge in [-0.1, -0.05) is 12.1 Å². The molecule has 2 amide bonds. The lowest BCUT2D eigenvalue weighted by Gasteiger charge is -2.23. The van der Waals surface area contributed by atoms with E-state index < -0.39 is 10.0 Å². The maximum absolute atomic E-state index is 12.0. The van der Waals surface area contributed by atoms with Crippen LogP contribution in [0.3, 0.4) is 0 Å². The summed E-state index contributed by atoms with van der Waals surface area (Å²) >= 11 is 0. The Hall–Kier alpha value is -1.60. The lowest BCUT2D eigenvalue weighted by atomic mass is 10.1. The number of hydrogen-bond acceptors (Lipinski definition) is 3. The van der Waals surface area contributed by atoms with E-state index in [1.807, 2.05) is 20.8 Å². The van der Waals surface area contributed by atoms with Crippen LogP contribution >= 0.6 is 0 Å². The van der Waals surface area contributed by atoms with Crippen LogP contribution in [-0.2, 0) is 10.0 Å². The summed E-state index contributed by atoms with van der Waals surface area (Å²) in [7, 11) is -2.11. The standard InChI is InChI=1S/C14H23N3O3S/c1-5-17(6-2)14(18)16-11(3)12-8-7-9-13(10-12)21(19,20)15-4/h7-11,15H,5-6H2,1-4H3,(H,16,18)/t11-/m1/s1. The second-order valence-corrected chi connectivity index (χ2v) is 6.51. The Kier molecular flexibility index (Phi) is 6.17. The van der Waals surface area contributed by atoms with Crippen LogP contribution in [0.1, 0.15) is 32.4 Å². The molecule has 1 rings (SSSR count). The third-order valence-corrected chi connectivity index (χ3v) is 4.74. The fourth-order valence-corrected chi connectivity index (χ4v) is 2.72. The summed E-state index contributed by atoms with van der Waals surface area (Å²) in [6.45, 7) is 6.90. The van der Waals surface area contributed by atoms with Crippen molar-refractivity contribution in [3.8, 4) is 0 Å². The smallest absolute Gasteiger partial charge is 0.317 e. The first kappa shape index (κ1) is 17.5. The van der Waals surface area contributed by atoms with Gasteiger partial charge >= 0.3 is 6.03 Å². The maximum Gasteiger partial charge on any atom is 0.317 e. The SMILES string of the molecule is CCN(CC)C(=O)N[C@H](C)c1cccc(S(=O)(=O)NC)c1. The van der Waals surface area contributed by atoms with Crippen LogP contribution in [0.5, 0.6) is 0 Å². The van der Waals surface area contributed by atoms with E-state index in [1.165, 1.54) is 13.1 Å². The second-order valence-electron chi connectivity index (χ2n) is 4.62. The Balaban J connectivity index is 2.91. The minimum Gasteiger partial charge on any atom is -0.331 e. The predicted octanol–water partition coefficient (Wildman–Crippen LogP) is 1.71. The number of nitrogens with zero attached hydrogens (tertiary/aromatic N) is 1. The van der Waals surface area contributed by atoms with Crippen LogP contribution in [0.4, 0.5) is 4.79 Å². The normalized spacial score (nSPS) is 12.8. The molecule has 0 bridgehead atoms. The molecule has 0 spiro atoms. The van der Waals surface area contributed by atoms with E-state index in [9.17, 15) is 13.2 Å². The first-order valence-electron chi connectivity index (χ1n) is 6.94. The summed E-state index contributed by atoms with van der Waals surface area (Å²) in [5, 5.41) is 2.87. The molecule has 1 aromatic carbocycles. The van der Waals surface area contributed by atoms with E-state index in [4.69, 9.17) is 0 Å². The van der Waals surface area contributed by atoms with Crippen molar-refractivity contribution in [2.24, 2.45) is 0 Å². The molecule has 7 heteroatoms. The van der Waals surface area contributed by atoms with Gasteiger partial charge in [-0.3, -0.25) is 0 Å². The van der Waals surface area contributed by atoms with Gasteiger partial charge in [0.1, 0.15) is 0 Å². The Morgan fingerprint density at radius 1 is 1.29 bits per heavy atom. The summed E-state index contributed by atoms with van der Waals surface area (Å²) in [4.78, 5) is 13.9. The van der Waals surface area contributed by atoms with Crippen molar-refractivity contribution in [2.45, 2.75) is 31.7 Å². The van der Waals surface area contributed by atoms with Crippen LogP contribution in [0.25, 0.3) is 0 Å². The monoisotopic (exact) mass is 313 g/mol. The van der Waals surface area contributed by atoms with Crippen LogP contribution in [-0.4, -0.2) is 39.5 Å². The highest BCUT2D eigenvalue weighted by Crippen LogP contribution is 2.17. The quantitative estimate of drug-likeness (QED) is 0.839. The highest BCUT2D eigenvalue weighted by molar-refractivity contribution is 7.89. The van der Waals surface area contributed by atoms with Gasteiger partial charge in [0.2, 0.25) is 10.0 Å². The van der Waals surface area contributed by atoms with E-state index in [0.29, 0.717) is 13.1 Å². The molecule has 6 nitrogen and oxygen atoms in total. The number of carbonyl (C=O) groups is 1. The van der Waals surface area contributed by atoms with Crippen LogP contribution < -0.4 is 10.0 Å². The van der Waals surface area contributed by atoms with Gasteiger partial charge < -0.3 is 10.2 Å². The molecule has 118 valence electrons. The zero-order valence-corrected chi connectivity index (χ0v) is 13.7. The first-order valence-corrected chi connectivity index (χ1v) is 8.43. The largest absolute Gasteiger partial charge is 0.331 e. The molecule has 0 saturated heterocycles. The Morgan fingerprint density at radius 3 is 2.43 bits per heavy atom. The van der Waals surface area contributed by atoms with Crippen molar-refractivity contribution in [1.29, 1.82) is 0 Å². The molecule has 0 aliphatic heterocycles. The van der Waals surface area contributed by atoms with E-state index in [2.05, 4.69) is 10.0 Å². The highest BCUT2D eigenvalue weighted by atomic mass is 32.2. The Labute approximate surface area is 126 Å². The molecule has 0 heterocycles. The summed E-state index contributed by atoms with van der Waals surface area (Å²) in [5.41, 5.74) is 0.742. The number of sulfonamides is 1. The lowest BCUT2D eigenvalue weighted by Crippen LogP contribution is -2.40. The molecule has 1 aromatic rings. The van der Waals surface area contributed by atoms with Gasteiger partial charge in [-0.2, -0.15) is 0 Å². The molecule has 0 saturated carbocycles. The number of carbonyl (C=O) groups excluding carboxylic acids is 1. The van der Waals surface area contributed by atoms with Gasteiger partial charge in [0.15, 0.2) is 0 Å². The van der Waals surface area contributed by atoms with Gasteiger partial charge in [-0.25, -0.2) is 17.9 Å². The molecule has 0 aromatic heterocycles. The van der Waals surface area contributed by atoms with Gasteiger partial charge in [0, 0.05) is 13.1 Å². The van der Waals surface area contributed by atoms with Crippen molar-refractivity contribution in [1.82, 2.24) is 14.9 Å². The van der Waals surface area contributed by atoms with Crippen molar-refractivity contribution < 1.29 is 13.2 Å². The fourth-order valence-electron chi connectivity index (χ4n) is 1.94. The maximum atomic E-state index is 12.0. The van der Waals surface area contributed by atoms with Gasteiger partial charge in [-0.15, -0.1) is 0 Å². The van der Waals surface area contributed by atoms with Crippen LogP contribution in [0.2, 0.25) is 0 Å². The molecular weight excluding hydrogens is 290 g/mol. The number of rotatable bonds is 6. The molecule has 2 N–H and O–H groups in total. The number of nitrogens with one attached hydrogen (secondary N) is 2. The second kappa shape index (κ2) is 7.42. The number of urea groups is 1. The first-order chi connectivity index (χ1) is 9.85.